The van der Waals surface area contributed by atoms with Crippen molar-refractivity contribution < 1.29 is 0 Å². The first-order valence-electron chi connectivity index (χ1n) is 3.25. The van der Waals surface area contributed by atoms with Crippen LogP contribution in [0.2, 0.25) is 0 Å². The molecule has 0 saturated heterocycles. The summed E-state index contributed by atoms with van der Waals surface area (Å²) < 4.78 is 0. The fourth-order valence-corrected chi connectivity index (χ4v) is 0.799. The average molecular weight is 167 g/mol. The van der Waals surface area contributed by atoms with Crippen molar-refractivity contribution in [3.63, 3.8) is 0 Å². The number of hydrogen-bond donors (Lipinski definition) is 1. The lowest BCUT2D eigenvalue weighted by Crippen LogP contribution is -2.18. The van der Waals surface area contributed by atoms with Gasteiger partial charge in [0.05, 0.1) is 11.9 Å². The largest absolute Gasteiger partial charge is 0.378 e. The van der Waals surface area contributed by atoms with E-state index in [2.05, 4.69) is 15.3 Å². The van der Waals surface area contributed by atoms with Gasteiger partial charge in [-0.1, -0.05) is 12.2 Å². The van der Waals surface area contributed by atoms with E-state index in [0.29, 0.717) is 4.99 Å². The van der Waals surface area contributed by atoms with E-state index < -0.39 is 0 Å². The molecule has 0 aliphatic heterocycles. The van der Waals surface area contributed by atoms with Crippen molar-refractivity contribution in [2.75, 3.05) is 7.05 Å². The molecule has 11 heavy (non-hydrogen) atoms. The number of aromatic nitrogens is 2. The topological polar surface area (TPSA) is 37.8 Å². The van der Waals surface area contributed by atoms with Crippen molar-refractivity contribution in [1.82, 2.24) is 15.3 Å². The van der Waals surface area contributed by atoms with E-state index in [1.165, 1.54) is 0 Å². The van der Waals surface area contributed by atoms with Crippen LogP contribution in [-0.2, 0) is 0 Å². The van der Waals surface area contributed by atoms with E-state index in [9.17, 15) is 0 Å². The standard InChI is InChI=1S/C7H9N3S/c1-5-3-9-4-6(10-5)7(11)8-2/h3-4H,1-2H3,(H,8,11). The van der Waals surface area contributed by atoms with Gasteiger partial charge in [-0.05, 0) is 6.92 Å². The van der Waals surface area contributed by atoms with Crippen LogP contribution in [0.1, 0.15) is 11.4 Å². The lowest BCUT2D eigenvalue weighted by Gasteiger charge is -2.00. The third kappa shape index (κ3) is 1.94. The molecular formula is C7H9N3S. The van der Waals surface area contributed by atoms with Gasteiger partial charge in [0.15, 0.2) is 0 Å². The molecular weight excluding hydrogens is 158 g/mol. The van der Waals surface area contributed by atoms with Crippen molar-refractivity contribution in [2.45, 2.75) is 6.92 Å². The van der Waals surface area contributed by atoms with Crippen molar-refractivity contribution in [3.05, 3.63) is 23.8 Å². The minimum Gasteiger partial charge on any atom is -0.378 e. The summed E-state index contributed by atoms with van der Waals surface area (Å²) in [7, 11) is 1.77. The van der Waals surface area contributed by atoms with Gasteiger partial charge in [-0.2, -0.15) is 0 Å². The van der Waals surface area contributed by atoms with Crippen LogP contribution in [0.25, 0.3) is 0 Å². The van der Waals surface area contributed by atoms with Gasteiger partial charge in [0.2, 0.25) is 0 Å². The molecule has 0 spiro atoms. The Morgan fingerprint density at radius 3 is 2.82 bits per heavy atom. The number of thiocarbonyl (C=S) groups is 1. The third-order valence-corrected chi connectivity index (χ3v) is 1.63. The fourth-order valence-electron chi connectivity index (χ4n) is 0.701. The van der Waals surface area contributed by atoms with Gasteiger partial charge in [-0.25, -0.2) is 4.98 Å². The van der Waals surface area contributed by atoms with Crippen molar-refractivity contribution in [2.24, 2.45) is 0 Å². The minimum absolute atomic E-state index is 0.626. The van der Waals surface area contributed by atoms with E-state index in [-0.39, 0.29) is 0 Å². The Bertz CT molecular complexity index is 272. The number of hydrogen-bond acceptors (Lipinski definition) is 3. The molecule has 0 aliphatic rings. The summed E-state index contributed by atoms with van der Waals surface area (Å²) in [6.45, 7) is 1.88. The van der Waals surface area contributed by atoms with E-state index >= 15 is 0 Å². The number of nitrogens with zero attached hydrogens (tertiary/aromatic N) is 2. The van der Waals surface area contributed by atoms with Crippen LogP contribution in [0.15, 0.2) is 12.4 Å². The van der Waals surface area contributed by atoms with Gasteiger partial charge in [0.25, 0.3) is 0 Å². The Morgan fingerprint density at radius 2 is 2.27 bits per heavy atom. The summed E-state index contributed by atoms with van der Waals surface area (Å²) in [4.78, 5) is 8.77. The zero-order chi connectivity index (χ0) is 8.27. The third-order valence-electron chi connectivity index (χ3n) is 1.21. The summed E-state index contributed by atoms with van der Waals surface area (Å²) in [5.74, 6) is 0. The van der Waals surface area contributed by atoms with Gasteiger partial charge < -0.3 is 5.32 Å². The highest BCUT2D eigenvalue weighted by Gasteiger charge is 1.98. The van der Waals surface area contributed by atoms with Crippen LogP contribution in [0.3, 0.4) is 0 Å². The van der Waals surface area contributed by atoms with Crippen LogP contribution < -0.4 is 5.32 Å². The predicted octanol–water partition coefficient (Wildman–Crippen LogP) is 0.680. The molecule has 58 valence electrons. The Balaban J connectivity index is 2.96. The number of rotatable bonds is 1. The zero-order valence-corrected chi connectivity index (χ0v) is 7.27. The molecule has 0 aromatic carbocycles. The molecule has 0 fully saturated rings. The maximum atomic E-state index is 4.97. The first kappa shape index (κ1) is 8.07. The summed E-state index contributed by atoms with van der Waals surface area (Å²) in [5, 5.41) is 2.84. The Kier molecular flexibility index (Phi) is 2.48. The second-order valence-electron chi connectivity index (χ2n) is 2.12. The normalized spacial score (nSPS) is 9.27. The Morgan fingerprint density at radius 1 is 1.55 bits per heavy atom. The molecule has 0 bridgehead atoms. The maximum absolute atomic E-state index is 4.97. The van der Waals surface area contributed by atoms with Crippen LogP contribution in [0, 0.1) is 6.92 Å². The monoisotopic (exact) mass is 167 g/mol. The molecule has 1 heterocycles. The highest BCUT2D eigenvalue weighted by molar-refractivity contribution is 7.80. The van der Waals surface area contributed by atoms with Gasteiger partial charge in [0.1, 0.15) is 10.7 Å². The average Bonchev–Trinajstić information content (AvgIpc) is 2.03. The maximum Gasteiger partial charge on any atom is 0.126 e. The molecule has 1 rings (SSSR count). The second-order valence-corrected chi connectivity index (χ2v) is 2.53. The first-order chi connectivity index (χ1) is 5.24. The molecule has 1 aromatic heterocycles. The van der Waals surface area contributed by atoms with Gasteiger partial charge in [-0.15, -0.1) is 0 Å². The fraction of sp³-hybridized carbons (Fsp3) is 0.286. The molecule has 1 aromatic rings. The Labute approximate surface area is 70.9 Å². The molecule has 3 nitrogen and oxygen atoms in total. The number of nitrogens with one attached hydrogen (secondary N) is 1. The molecule has 0 amide bonds. The van der Waals surface area contributed by atoms with Gasteiger partial charge >= 0.3 is 0 Å². The van der Waals surface area contributed by atoms with E-state index in [4.69, 9.17) is 12.2 Å². The highest BCUT2D eigenvalue weighted by Crippen LogP contribution is 1.94. The Hall–Kier alpha value is -1.03. The number of aryl methyl sites for hydroxylation is 1. The van der Waals surface area contributed by atoms with Crippen molar-refractivity contribution in [1.29, 1.82) is 0 Å². The zero-order valence-electron chi connectivity index (χ0n) is 6.46. The van der Waals surface area contributed by atoms with Crippen LogP contribution in [0.5, 0.6) is 0 Å². The summed E-state index contributed by atoms with van der Waals surface area (Å²) in [6, 6.07) is 0. The van der Waals surface area contributed by atoms with E-state index in [1.807, 2.05) is 6.92 Å². The smallest absolute Gasteiger partial charge is 0.126 e. The molecule has 0 saturated carbocycles. The minimum atomic E-state index is 0.626. The lowest BCUT2D eigenvalue weighted by molar-refractivity contribution is 1.08. The van der Waals surface area contributed by atoms with Crippen LogP contribution in [0.4, 0.5) is 0 Å². The molecule has 0 radical (unpaired) electrons. The molecule has 4 heteroatoms. The molecule has 0 unspecified atom stereocenters. The lowest BCUT2D eigenvalue weighted by atomic mass is 10.4. The van der Waals surface area contributed by atoms with Crippen molar-refractivity contribution in [3.8, 4) is 0 Å². The van der Waals surface area contributed by atoms with Crippen LogP contribution >= 0.6 is 12.2 Å². The highest BCUT2D eigenvalue weighted by atomic mass is 32.1. The quantitative estimate of drug-likeness (QED) is 0.624. The van der Waals surface area contributed by atoms with Crippen molar-refractivity contribution >= 4 is 17.2 Å². The SMILES string of the molecule is CNC(=S)c1cncc(C)n1. The summed E-state index contributed by atoms with van der Waals surface area (Å²) >= 11 is 4.97. The molecule has 0 atom stereocenters. The van der Waals surface area contributed by atoms with E-state index in [0.717, 1.165) is 11.4 Å². The first-order valence-corrected chi connectivity index (χ1v) is 3.65. The second kappa shape index (κ2) is 3.39. The molecule has 1 N–H and O–H groups in total. The van der Waals surface area contributed by atoms with Crippen LogP contribution in [-0.4, -0.2) is 22.0 Å². The summed E-state index contributed by atoms with van der Waals surface area (Å²) in [6.07, 6.45) is 3.34. The summed E-state index contributed by atoms with van der Waals surface area (Å²) in [5.41, 5.74) is 1.60. The van der Waals surface area contributed by atoms with E-state index in [1.54, 1.807) is 19.4 Å². The van der Waals surface area contributed by atoms with Gasteiger partial charge in [-0.3, -0.25) is 4.98 Å². The molecule has 0 aliphatic carbocycles. The van der Waals surface area contributed by atoms with Gasteiger partial charge in [0, 0.05) is 13.2 Å². The predicted molar refractivity (Wildman–Crippen MR) is 47.5 cm³/mol.